The number of hydrogen-bond acceptors (Lipinski definition) is 6. The van der Waals surface area contributed by atoms with E-state index in [1.165, 1.54) is 23.3 Å². The van der Waals surface area contributed by atoms with Crippen molar-refractivity contribution in [1.29, 1.82) is 0 Å². The molecule has 0 radical (unpaired) electrons. The van der Waals surface area contributed by atoms with Gasteiger partial charge in [-0.05, 0) is 101 Å². The van der Waals surface area contributed by atoms with E-state index in [-0.39, 0.29) is 47.3 Å². The molecule has 2 saturated carbocycles. The van der Waals surface area contributed by atoms with Crippen LogP contribution in [0.2, 0.25) is 0 Å². The summed E-state index contributed by atoms with van der Waals surface area (Å²) in [5.41, 5.74) is 7.55. The van der Waals surface area contributed by atoms with Crippen LogP contribution in [0.15, 0.2) is 36.4 Å². The highest BCUT2D eigenvalue weighted by Crippen LogP contribution is 2.39. The highest BCUT2D eigenvalue weighted by molar-refractivity contribution is 8.14. The topological polar surface area (TPSA) is 163 Å². The van der Waals surface area contributed by atoms with Crippen molar-refractivity contribution in [3.05, 3.63) is 47.5 Å². The summed E-state index contributed by atoms with van der Waals surface area (Å²) in [6, 6.07) is 5.71. The van der Waals surface area contributed by atoms with Crippen molar-refractivity contribution in [3.8, 4) is 0 Å². The first-order valence-electron chi connectivity index (χ1n) is 19.9. The largest absolute Gasteiger partial charge is 0.444 e. The first-order valence-corrected chi connectivity index (χ1v) is 21.3. The number of fused-ring (bicyclic) bond motifs is 1. The van der Waals surface area contributed by atoms with Crippen molar-refractivity contribution >= 4 is 45.9 Å². The summed E-state index contributed by atoms with van der Waals surface area (Å²) in [5.74, 6) is -0.458. The Bertz CT molecular complexity index is 1590. The van der Waals surface area contributed by atoms with Gasteiger partial charge < -0.3 is 35.6 Å². The van der Waals surface area contributed by atoms with Gasteiger partial charge in [0.15, 0.2) is 0 Å². The van der Waals surface area contributed by atoms with E-state index in [0.29, 0.717) is 31.2 Å². The number of urea groups is 1. The zero-order valence-electron chi connectivity index (χ0n) is 32.8. The summed E-state index contributed by atoms with van der Waals surface area (Å²) in [6.07, 6.45) is 12.4. The van der Waals surface area contributed by atoms with Gasteiger partial charge in [0, 0.05) is 36.2 Å². The van der Waals surface area contributed by atoms with Crippen LogP contribution in [0.1, 0.15) is 122 Å². The molecule has 2 heterocycles. The fraction of sp³-hybridized carbons (Fsp3) is 0.659. The number of ether oxygens (including phenoxy) is 1. The second kappa shape index (κ2) is 18.6. The molecule has 3 unspecified atom stereocenters. The van der Waals surface area contributed by atoms with Gasteiger partial charge in [0.25, 0.3) is 0 Å². The molecule has 7 atom stereocenters. The molecule has 6 amide bonds. The van der Waals surface area contributed by atoms with Crippen molar-refractivity contribution in [2.24, 2.45) is 17.6 Å². The minimum atomic E-state index is -0.960. The maximum atomic E-state index is 14.1. The van der Waals surface area contributed by atoms with E-state index < -0.39 is 47.7 Å². The van der Waals surface area contributed by atoms with E-state index in [0.717, 1.165) is 44.1 Å². The Morgan fingerprint density at radius 3 is 2.50 bits per heavy atom. The Labute approximate surface area is 323 Å². The van der Waals surface area contributed by atoms with Gasteiger partial charge in [-0.1, -0.05) is 73.3 Å². The van der Waals surface area contributed by atoms with E-state index in [4.69, 9.17) is 10.5 Å². The lowest BCUT2D eigenvalue weighted by Gasteiger charge is -2.33. The maximum absolute atomic E-state index is 14.1. The summed E-state index contributed by atoms with van der Waals surface area (Å²) < 4.78 is 9.19. The number of carbonyl (C=O) groups excluding carboxylic acids is 5. The number of amides is 6. The van der Waals surface area contributed by atoms with Crippen LogP contribution >= 0.6 is 10.7 Å². The Morgan fingerprint density at radius 2 is 1.80 bits per heavy atom. The van der Waals surface area contributed by atoms with Crippen LogP contribution < -0.4 is 21.1 Å². The number of allylic oxidation sites excluding steroid dienone is 2. The zero-order chi connectivity index (χ0) is 39.0. The van der Waals surface area contributed by atoms with Gasteiger partial charge in [0.1, 0.15) is 18.2 Å². The molecule has 5 rings (SSSR count). The van der Waals surface area contributed by atoms with E-state index in [9.17, 15) is 24.0 Å². The van der Waals surface area contributed by atoms with Crippen molar-refractivity contribution < 1.29 is 28.7 Å². The quantitative estimate of drug-likeness (QED) is 0.105. The second-order valence-corrected chi connectivity index (χ2v) is 18.7. The normalized spacial score (nSPS) is 25.2. The highest BCUT2D eigenvalue weighted by atomic mass is 32.2. The van der Waals surface area contributed by atoms with Crippen LogP contribution in [-0.4, -0.2) is 87.1 Å². The number of carbonyl (C=O) groups is 5. The molecule has 12 nitrogen and oxygen atoms in total. The molecule has 54 heavy (non-hydrogen) atoms. The minimum Gasteiger partial charge on any atom is -0.444 e. The van der Waals surface area contributed by atoms with Crippen LogP contribution in [0.3, 0.4) is 0 Å². The number of likely N-dealkylation sites (tertiary alicyclic amines) is 1. The van der Waals surface area contributed by atoms with E-state index in [1.807, 2.05) is 45.9 Å². The van der Waals surface area contributed by atoms with Gasteiger partial charge in [-0.2, -0.15) is 0 Å². The summed E-state index contributed by atoms with van der Waals surface area (Å²) in [5, 5.41) is 8.49. The third-order valence-corrected chi connectivity index (χ3v) is 13.1. The summed E-state index contributed by atoms with van der Waals surface area (Å²) >= 11 is 0. The Hall–Kier alpha value is -3.87. The van der Waals surface area contributed by atoms with Crippen molar-refractivity contribution in [2.45, 2.75) is 147 Å². The molecule has 4 aliphatic rings. The lowest BCUT2D eigenvalue weighted by Crippen LogP contribution is -2.56. The van der Waals surface area contributed by atoms with E-state index in [2.05, 4.69) is 45.9 Å². The highest BCUT2D eigenvalue weighted by Gasteiger charge is 2.43. The minimum absolute atomic E-state index is 0.0145. The average molecular weight is 767 g/mol. The van der Waals surface area contributed by atoms with Gasteiger partial charge in [0.05, 0.1) is 6.54 Å². The molecule has 5 N–H and O–H groups in total. The Morgan fingerprint density at radius 1 is 1.04 bits per heavy atom. The van der Waals surface area contributed by atoms with Crippen LogP contribution in [0.4, 0.5) is 9.59 Å². The first kappa shape index (κ1) is 41.3. The number of rotatable bonds is 14. The van der Waals surface area contributed by atoms with Crippen LogP contribution in [-0.2, 0) is 25.7 Å². The Balaban J connectivity index is 1.14. The number of nitrogens with one attached hydrogen (secondary N) is 3. The third kappa shape index (κ3) is 11.3. The standard InChI is InChI=1S/C41H62N6O6S/c1-6-54(31-21-22-31)45-37(49)33-19-14-17-28(33)15-10-8-7-9-11-20-34(43-39(51)44-41(3,4)5)38(50)47-26-30(23-35(47)36(42)48)53-40(52)46-24-27(2)32-18-13-12-16-29(32)25-46/h6,10,12-13,15-16,18,27-28,30-31,33-35H,7-9,11,14,17,19-26H2,1-5H3,(H2,42,48)(H,45,49)(H2,43,44,51)/b15-10-/t27?,28-,30-,33?,34+,35+,54?/m1/s1. The molecule has 13 heteroatoms. The van der Waals surface area contributed by atoms with Crippen LogP contribution in [0.5, 0.6) is 0 Å². The molecular formula is C41H62N6O6S. The predicted molar refractivity (Wildman–Crippen MR) is 214 cm³/mol. The third-order valence-electron chi connectivity index (χ3n) is 10.9. The molecule has 2 aliphatic heterocycles. The fourth-order valence-electron chi connectivity index (χ4n) is 8.05. The second-order valence-electron chi connectivity index (χ2n) is 16.6. The molecule has 2 aliphatic carbocycles. The lowest BCUT2D eigenvalue weighted by molar-refractivity contribution is -0.139. The number of benzene rings is 1. The molecule has 0 spiro atoms. The summed E-state index contributed by atoms with van der Waals surface area (Å²) in [6.45, 7) is 10.6. The smallest absolute Gasteiger partial charge is 0.410 e. The number of nitrogens with zero attached hydrogens (tertiary/aromatic N) is 2. The van der Waals surface area contributed by atoms with E-state index in [1.54, 1.807) is 4.90 Å². The van der Waals surface area contributed by atoms with Crippen molar-refractivity contribution in [2.75, 3.05) is 13.1 Å². The van der Waals surface area contributed by atoms with Gasteiger partial charge >= 0.3 is 12.1 Å². The molecule has 0 aromatic heterocycles. The number of hydrogen-bond donors (Lipinski definition) is 4. The molecule has 0 bridgehead atoms. The molecule has 3 fully saturated rings. The van der Waals surface area contributed by atoms with Gasteiger partial charge in [0.2, 0.25) is 17.7 Å². The maximum Gasteiger partial charge on any atom is 0.410 e. The summed E-state index contributed by atoms with van der Waals surface area (Å²) in [4.78, 5) is 69.1. The molecule has 1 aromatic carbocycles. The number of nitrogens with two attached hydrogens (primary N) is 1. The van der Waals surface area contributed by atoms with Crippen LogP contribution in [0.25, 0.3) is 0 Å². The average Bonchev–Trinajstić information content (AvgIpc) is 3.70. The van der Waals surface area contributed by atoms with Gasteiger partial charge in [-0.15, -0.1) is 0 Å². The fourth-order valence-corrected chi connectivity index (χ4v) is 9.75. The molecule has 1 aromatic rings. The molecule has 1 saturated heterocycles. The lowest BCUT2D eigenvalue weighted by atomic mass is 9.91. The predicted octanol–water partition coefficient (Wildman–Crippen LogP) is 5.87. The zero-order valence-corrected chi connectivity index (χ0v) is 33.6. The molecular weight excluding hydrogens is 705 g/mol. The monoisotopic (exact) mass is 766 g/mol. The Kier molecular flexibility index (Phi) is 14.3. The number of primary amides is 1. The van der Waals surface area contributed by atoms with Gasteiger partial charge in [-0.3, -0.25) is 14.4 Å². The SMILES string of the molecule is C/C=S(/NC(=O)C1CCC[C@H]1/C=C\CCCCC[C@H](NC(=O)NC(C)(C)C)C(=O)N1C[C@H](OC(=O)N2Cc3ccccc3C(C)C2)C[C@H]1C(N)=O)C1CC1. The van der Waals surface area contributed by atoms with Crippen LogP contribution in [0, 0.1) is 11.8 Å². The summed E-state index contributed by atoms with van der Waals surface area (Å²) in [7, 11) is -0.109. The van der Waals surface area contributed by atoms with Crippen molar-refractivity contribution in [1.82, 2.24) is 25.2 Å². The molecule has 298 valence electrons. The first-order chi connectivity index (χ1) is 25.7. The number of unbranched alkanes of at least 4 members (excludes halogenated alkanes) is 3. The van der Waals surface area contributed by atoms with E-state index >= 15 is 0 Å². The van der Waals surface area contributed by atoms with Gasteiger partial charge in [-0.25, -0.2) is 9.59 Å². The van der Waals surface area contributed by atoms with Crippen molar-refractivity contribution in [3.63, 3.8) is 0 Å².